The number of hydrogen-bond acceptors (Lipinski definition) is 6. The molecule has 17 heavy (non-hydrogen) atoms. The van der Waals surface area contributed by atoms with Crippen molar-refractivity contribution in [3.63, 3.8) is 0 Å². The van der Waals surface area contributed by atoms with E-state index in [1.165, 1.54) is 28.6 Å². The lowest BCUT2D eigenvalue weighted by Crippen LogP contribution is -2.25. The monoisotopic (exact) mass is 251 g/mol. The van der Waals surface area contributed by atoms with Crippen molar-refractivity contribution in [2.24, 2.45) is 0 Å². The van der Waals surface area contributed by atoms with Crippen LogP contribution >= 0.6 is 11.8 Å². The predicted molar refractivity (Wildman–Crippen MR) is 64.3 cm³/mol. The van der Waals surface area contributed by atoms with Gasteiger partial charge in [-0.05, 0) is 6.26 Å². The van der Waals surface area contributed by atoms with Crippen LogP contribution in [0.1, 0.15) is 0 Å². The quantitative estimate of drug-likeness (QED) is 0.453. The minimum absolute atomic E-state index is 0.184. The Labute approximate surface area is 100 Å². The topological polar surface area (TPSA) is 78.0 Å². The number of allylic oxidation sites excluding steroid dienone is 1. The lowest BCUT2D eigenvalue weighted by atomic mass is 10.4. The highest BCUT2D eigenvalue weighted by atomic mass is 32.2. The first-order valence-corrected chi connectivity index (χ1v) is 5.95. The maximum absolute atomic E-state index is 11.5. The van der Waals surface area contributed by atoms with Crippen molar-refractivity contribution < 1.29 is 4.42 Å². The number of fused-ring (bicyclic) bond motifs is 1. The molecule has 2 rings (SSSR count). The molecule has 6 nitrogen and oxygen atoms in total. The van der Waals surface area contributed by atoms with Crippen molar-refractivity contribution in [3.05, 3.63) is 39.8 Å². The number of rotatable bonds is 3. The van der Waals surface area contributed by atoms with Gasteiger partial charge in [0.05, 0.1) is 0 Å². The highest BCUT2D eigenvalue weighted by Crippen LogP contribution is 2.11. The van der Waals surface area contributed by atoms with Gasteiger partial charge < -0.3 is 4.42 Å². The maximum Gasteiger partial charge on any atom is 0.423 e. The van der Waals surface area contributed by atoms with Crippen LogP contribution in [0.25, 0.3) is 11.0 Å². The van der Waals surface area contributed by atoms with E-state index < -0.39 is 11.4 Å². The summed E-state index contributed by atoms with van der Waals surface area (Å²) in [6.07, 6.45) is 4.70. The van der Waals surface area contributed by atoms with Crippen LogP contribution in [0.3, 0.4) is 0 Å². The average Bonchev–Trinajstić information content (AvgIpc) is 2.33. The van der Waals surface area contributed by atoms with E-state index in [0.717, 1.165) is 0 Å². The summed E-state index contributed by atoms with van der Waals surface area (Å²) >= 11 is 1.33. The summed E-state index contributed by atoms with van der Waals surface area (Å²) in [4.78, 5) is 31.1. The van der Waals surface area contributed by atoms with Crippen LogP contribution in [-0.4, -0.2) is 20.8 Å². The summed E-state index contributed by atoms with van der Waals surface area (Å²) < 4.78 is 5.81. The normalized spacial score (nSPS) is 10.6. The molecule has 0 spiro atoms. The molecule has 2 aromatic rings. The Morgan fingerprint density at radius 3 is 3.00 bits per heavy atom. The molecule has 0 aromatic carbocycles. The smallest absolute Gasteiger partial charge is 0.372 e. The second-order valence-electron chi connectivity index (χ2n) is 3.15. The van der Waals surface area contributed by atoms with E-state index in [4.69, 9.17) is 0 Å². The van der Waals surface area contributed by atoms with Crippen molar-refractivity contribution in [1.82, 2.24) is 14.5 Å². The Hall–Kier alpha value is -1.89. The van der Waals surface area contributed by atoms with E-state index >= 15 is 0 Å². The molecule has 0 radical (unpaired) electrons. The zero-order valence-corrected chi connectivity index (χ0v) is 9.86. The van der Waals surface area contributed by atoms with Gasteiger partial charge in [0.2, 0.25) is 0 Å². The lowest BCUT2D eigenvalue weighted by molar-refractivity contribution is 0.424. The molecule has 0 aliphatic carbocycles. The van der Waals surface area contributed by atoms with Crippen molar-refractivity contribution in [2.45, 2.75) is 11.7 Å². The first-order chi connectivity index (χ1) is 8.17. The molecule has 0 amide bonds. The number of hydrogen-bond donors (Lipinski definition) is 0. The highest BCUT2D eigenvalue weighted by molar-refractivity contribution is 7.98. The van der Waals surface area contributed by atoms with Gasteiger partial charge in [0.15, 0.2) is 10.8 Å². The van der Waals surface area contributed by atoms with Gasteiger partial charge in [-0.15, -0.1) is 6.58 Å². The molecule has 2 aromatic heterocycles. The summed E-state index contributed by atoms with van der Waals surface area (Å²) in [5.41, 5.74) is -0.455. The van der Waals surface area contributed by atoms with Crippen LogP contribution in [0.2, 0.25) is 0 Å². The van der Waals surface area contributed by atoms with Crippen LogP contribution in [-0.2, 0) is 6.54 Å². The fraction of sp³-hybridized carbons (Fsp3) is 0.200. The molecule has 0 saturated carbocycles. The van der Waals surface area contributed by atoms with E-state index in [9.17, 15) is 9.59 Å². The third-order valence-electron chi connectivity index (χ3n) is 2.12. The zero-order valence-electron chi connectivity index (χ0n) is 9.04. The first-order valence-electron chi connectivity index (χ1n) is 4.73. The molecule has 0 N–H and O–H groups in total. The van der Waals surface area contributed by atoms with E-state index in [0.29, 0.717) is 5.16 Å². The second-order valence-corrected chi connectivity index (χ2v) is 3.92. The molecule has 0 fully saturated rings. The van der Waals surface area contributed by atoms with E-state index in [1.807, 2.05) is 6.26 Å². The van der Waals surface area contributed by atoms with Gasteiger partial charge in [-0.2, -0.15) is 0 Å². The Kier molecular flexibility index (Phi) is 3.10. The third kappa shape index (κ3) is 2.01. The molecule has 0 atom stereocenters. The molecule has 0 saturated heterocycles. The van der Waals surface area contributed by atoms with Gasteiger partial charge >= 0.3 is 11.4 Å². The van der Waals surface area contributed by atoms with Crippen LogP contribution in [0, 0.1) is 0 Å². The SMILES string of the molecule is C=CCn1c(=O)oc(=O)c2cnc(SC)nc21. The molecular weight excluding hydrogens is 242 g/mol. The van der Waals surface area contributed by atoms with E-state index in [2.05, 4.69) is 21.0 Å². The summed E-state index contributed by atoms with van der Waals surface area (Å²) in [5.74, 6) is -0.742. The Bertz CT molecular complexity index is 689. The third-order valence-corrected chi connectivity index (χ3v) is 2.68. The molecule has 2 heterocycles. The van der Waals surface area contributed by atoms with Crippen LogP contribution in [0.5, 0.6) is 0 Å². The van der Waals surface area contributed by atoms with Crippen molar-refractivity contribution >= 4 is 22.8 Å². The predicted octanol–water partition coefficient (Wildman–Crippen LogP) is 0.653. The molecule has 0 aliphatic heterocycles. The zero-order chi connectivity index (χ0) is 12.4. The fourth-order valence-corrected chi connectivity index (χ4v) is 1.71. The highest BCUT2D eigenvalue weighted by Gasteiger charge is 2.11. The van der Waals surface area contributed by atoms with Gasteiger partial charge in [0, 0.05) is 12.7 Å². The van der Waals surface area contributed by atoms with Crippen LogP contribution < -0.4 is 11.4 Å². The molecule has 0 unspecified atom stereocenters. The summed E-state index contributed by atoms with van der Waals surface area (Å²) in [6.45, 7) is 3.77. The van der Waals surface area contributed by atoms with Gasteiger partial charge in [-0.25, -0.2) is 19.6 Å². The number of aromatic nitrogens is 3. The van der Waals surface area contributed by atoms with Gasteiger partial charge in [0.25, 0.3) is 0 Å². The van der Waals surface area contributed by atoms with Crippen molar-refractivity contribution in [2.75, 3.05) is 6.26 Å². The Balaban J connectivity index is 2.90. The molecule has 88 valence electrons. The largest absolute Gasteiger partial charge is 0.423 e. The first kappa shape index (κ1) is 11.6. The Morgan fingerprint density at radius 2 is 2.35 bits per heavy atom. The van der Waals surface area contributed by atoms with Crippen LogP contribution in [0.15, 0.2) is 38.0 Å². The molecule has 0 aliphatic rings. The van der Waals surface area contributed by atoms with E-state index in [-0.39, 0.29) is 17.6 Å². The minimum Gasteiger partial charge on any atom is -0.372 e. The average molecular weight is 251 g/mol. The van der Waals surface area contributed by atoms with Gasteiger partial charge in [0.1, 0.15) is 5.39 Å². The van der Waals surface area contributed by atoms with Gasteiger partial charge in [-0.3, -0.25) is 4.57 Å². The summed E-state index contributed by atoms with van der Waals surface area (Å²) in [7, 11) is 0. The lowest BCUT2D eigenvalue weighted by Gasteiger charge is -2.04. The van der Waals surface area contributed by atoms with Crippen molar-refractivity contribution in [1.29, 1.82) is 0 Å². The molecule has 0 bridgehead atoms. The van der Waals surface area contributed by atoms with Crippen LogP contribution in [0.4, 0.5) is 0 Å². The summed E-state index contributed by atoms with van der Waals surface area (Å²) in [5, 5.41) is 0.671. The second kappa shape index (κ2) is 4.54. The standard InChI is InChI=1S/C10H9N3O3S/c1-3-4-13-7-6(8(14)16-10(13)15)5-11-9(12-7)17-2/h3,5H,1,4H2,2H3. The maximum atomic E-state index is 11.5. The number of thioether (sulfide) groups is 1. The molecular formula is C10H9N3O3S. The van der Waals surface area contributed by atoms with Crippen molar-refractivity contribution in [3.8, 4) is 0 Å². The van der Waals surface area contributed by atoms with Gasteiger partial charge in [-0.1, -0.05) is 17.8 Å². The fourth-order valence-electron chi connectivity index (χ4n) is 1.37. The Morgan fingerprint density at radius 1 is 1.59 bits per heavy atom. The van der Waals surface area contributed by atoms with E-state index in [1.54, 1.807) is 0 Å². The minimum atomic E-state index is -0.742. The number of nitrogens with zero attached hydrogens (tertiary/aromatic N) is 3. The molecule has 7 heteroatoms. The summed E-state index contributed by atoms with van der Waals surface area (Å²) in [6, 6.07) is 0.